The molecule has 10 heteroatoms. The Labute approximate surface area is 195 Å². The summed E-state index contributed by atoms with van der Waals surface area (Å²) in [5, 5.41) is 13.1. The van der Waals surface area contributed by atoms with Crippen LogP contribution in [0, 0.1) is 0 Å². The van der Waals surface area contributed by atoms with Crippen LogP contribution in [-0.4, -0.2) is 55.7 Å². The number of methoxy groups -OCH3 is 1. The maximum absolute atomic E-state index is 12.5. The van der Waals surface area contributed by atoms with Gasteiger partial charge in [-0.3, -0.25) is 4.79 Å². The van der Waals surface area contributed by atoms with Crippen molar-refractivity contribution >= 4 is 35.1 Å². The van der Waals surface area contributed by atoms with E-state index >= 15 is 0 Å². The fourth-order valence-corrected chi connectivity index (χ4v) is 3.68. The molecule has 0 aliphatic carbocycles. The molecule has 172 valence electrons. The highest BCUT2D eigenvalue weighted by atomic mass is 35.5. The van der Waals surface area contributed by atoms with E-state index in [2.05, 4.69) is 5.32 Å². The molecule has 32 heavy (non-hydrogen) atoms. The quantitative estimate of drug-likeness (QED) is 0.534. The second-order valence-electron chi connectivity index (χ2n) is 7.10. The summed E-state index contributed by atoms with van der Waals surface area (Å²) < 4.78 is 21.3. The van der Waals surface area contributed by atoms with Gasteiger partial charge >= 0.3 is 5.97 Å². The van der Waals surface area contributed by atoms with E-state index in [1.165, 1.54) is 7.11 Å². The first-order valence-corrected chi connectivity index (χ1v) is 10.5. The molecule has 2 N–H and O–H groups in total. The first-order valence-electron chi connectivity index (χ1n) is 9.79. The van der Waals surface area contributed by atoms with Gasteiger partial charge in [0, 0.05) is 29.1 Å². The van der Waals surface area contributed by atoms with Crippen LogP contribution in [0.1, 0.15) is 11.1 Å². The Morgan fingerprint density at radius 2 is 1.84 bits per heavy atom. The molecule has 8 nitrogen and oxygen atoms in total. The van der Waals surface area contributed by atoms with Gasteiger partial charge in [0.25, 0.3) is 5.91 Å². The van der Waals surface area contributed by atoms with E-state index in [0.717, 1.165) is 0 Å². The van der Waals surface area contributed by atoms with E-state index in [4.69, 9.17) is 42.1 Å². The zero-order valence-electron chi connectivity index (χ0n) is 17.3. The van der Waals surface area contributed by atoms with Crippen LogP contribution >= 0.6 is 23.2 Å². The summed E-state index contributed by atoms with van der Waals surface area (Å²) in [7, 11) is 1.48. The van der Waals surface area contributed by atoms with Crippen LogP contribution in [0.5, 0.6) is 5.75 Å². The molecular weight excluding hydrogens is 461 g/mol. The Bertz CT molecular complexity index is 918. The molecule has 1 unspecified atom stereocenters. The molecule has 0 bridgehead atoms. The Balaban J connectivity index is 1.58. The molecule has 2 aromatic rings. The smallest absolute Gasteiger partial charge is 0.326 e. The number of aliphatic carboxylic acids is 1. The van der Waals surface area contributed by atoms with Crippen molar-refractivity contribution in [1.29, 1.82) is 0 Å². The SMILES string of the molecule is COC[C@@H]1OCO[C@H]1C(=O)NC(Cc1ccc(OCc2c(Cl)cccc2Cl)cc1)C(=O)O. The van der Waals surface area contributed by atoms with Gasteiger partial charge in [-0.25, -0.2) is 4.79 Å². The number of hydrogen-bond acceptors (Lipinski definition) is 6. The summed E-state index contributed by atoms with van der Waals surface area (Å²) >= 11 is 12.3. The molecule has 1 fully saturated rings. The summed E-state index contributed by atoms with van der Waals surface area (Å²) in [6, 6.07) is 11.0. The van der Waals surface area contributed by atoms with Gasteiger partial charge < -0.3 is 29.4 Å². The molecule has 2 aromatic carbocycles. The predicted octanol–water partition coefficient (Wildman–Crippen LogP) is 3.07. The third-order valence-corrected chi connectivity index (χ3v) is 5.59. The van der Waals surface area contributed by atoms with Gasteiger partial charge in [0.2, 0.25) is 0 Å². The van der Waals surface area contributed by atoms with Gasteiger partial charge in [-0.15, -0.1) is 0 Å². The first kappa shape index (κ1) is 24.3. The van der Waals surface area contributed by atoms with Crippen LogP contribution in [0.15, 0.2) is 42.5 Å². The van der Waals surface area contributed by atoms with Crippen LogP contribution in [0.2, 0.25) is 10.0 Å². The normalized spacial score (nSPS) is 18.8. The number of hydrogen-bond donors (Lipinski definition) is 2. The van der Waals surface area contributed by atoms with E-state index in [-0.39, 0.29) is 26.4 Å². The van der Waals surface area contributed by atoms with Crippen LogP contribution in [0.4, 0.5) is 0 Å². The molecule has 1 aliphatic rings. The fourth-order valence-electron chi connectivity index (χ4n) is 3.18. The minimum absolute atomic E-state index is 0.0509. The zero-order valence-corrected chi connectivity index (χ0v) is 18.8. The summed E-state index contributed by atoms with van der Waals surface area (Å²) in [6.07, 6.45) is -1.43. The number of nitrogens with one attached hydrogen (secondary N) is 1. The lowest BCUT2D eigenvalue weighted by Gasteiger charge is -2.20. The van der Waals surface area contributed by atoms with Crippen molar-refractivity contribution in [2.24, 2.45) is 0 Å². The largest absolute Gasteiger partial charge is 0.489 e. The maximum Gasteiger partial charge on any atom is 0.326 e. The van der Waals surface area contributed by atoms with Gasteiger partial charge in [-0.05, 0) is 29.8 Å². The predicted molar refractivity (Wildman–Crippen MR) is 117 cm³/mol. The summed E-state index contributed by atoms with van der Waals surface area (Å²) in [6.45, 7) is 0.305. The van der Waals surface area contributed by atoms with Crippen LogP contribution in [-0.2, 0) is 36.8 Å². The van der Waals surface area contributed by atoms with Crippen molar-refractivity contribution in [2.75, 3.05) is 20.5 Å². The highest BCUT2D eigenvalue weighted by Gasteiger charge is 2.37. The number of ether oxygens (including phenoxy) is 4. The minimum Gasteiger partial charge on any atom is -0.489 e. The van der Waals surface area contributed by atoms with E-state index < -0.39 is 30.1 Å². The number of amides is 1. The molecule has 1 heterocycles. The molecule has 3 rings (SSSR count). The Morgan fingerprint density at radius 3 is 2.47 bits per heavy atom. The third kappa shape index (κ3) is 6.34. The second-order valence-corrected chi connectivity index (χ2v) is 7.92. The first-order chi connectivity index (χ1) is 15.4. The van der Waals surface area contributed by atoms with Gasteiger partial charge in [0.15, 0.2) is 6.10 Å². The summed E-state index contributed by atoms with van der Waals surface area (Å²) in [4.78, 5) is 24.2. The molecular formula is C22H23Cl2NO7. The topological polar surface area (TPSA) is 103 Å². The number of benzene rings is 2. The van der Waals surface area contributed by atoms with Crippen molar-refractivity contribution in [3.63, 3.8) is 0 Å². The minimum atomic E-state index is -1.16. The molecule has 0 saturated carbocycles. The summed E-state index contributed by atoms with van der Waals surface area (Å²) in [5.41, 5.74) is 1.39. The summed E-state index contributed by atoms with van der Waals surface area (Å²) in [5.74, 6) is -1.15. The van der Waals surface area contributed by atoms with Crippen molar-refractivity contribution in [3.8, 4) is 5.75 Å². The van der Waals surface area contributed by atoms with E-state index in [1.807, 2.05) is 0 Å². The van der Waals surface area contributed by atoms with Gasteiger partial charge in [-0.2, -0.15) is 0 Å². The van der Waals surface area contributed by atoms with Gasteiger partial charge in [0.1, 0.15) is 31.3 Å². The fraction of sp³-hybridized carbons (Fsp3) is 0.364. The van der Waals surface area contributed by atoms with E-state index in [9.17, 15) is 14.7 Å². The zero-order chi connectivity index (χ0) is 23.1. The monoisotopic (exact) mass is 483 g/mol. The number of rotatable bonds is 10. The third-order valence-electron chi connectivity index (χ3n) is 4.88. The molecule has 0 aromatic heterocycles. The number of carboxylic acids is 1. The Hall–Kier alpha value is -2.36. The average Bonchev–Trinajstić information content (AvgIpc) is 3.22. The lowest BCUT2D eigenvalue weighted by atomic mass is 10.0. The number of carboxylic acid groups (broad SMARTS) is 1. The highest BCUT2D eigenvalue weighted by Crippen LogP contribution is 2.26. The second kappa shape index (κ2) is 11.5. The molecule has 1 aliphatic heterocycles. The number of carbonyl (C=O) groups is 2. The Morgan fingerprint density at radius 1 is 1.16 bits per heavy atom. The van der Waals surface area contributed by atoms with Gasteiger partial charge in [-0.1, -0.05) is 41.4 Å². The molecule has 1 amide bonds. The lowest BCUT2D eigenvalue weighted by Crippen LogP contribution is -2.49. The number of carbonyl (C=O) groups excluding carboxylic acids is 1. The maximum atomic E-state index is 12.5. The van der Waals surface area contributed by atoms with E-state index in [0.29, 0.717) is 26.9 Å². The van der Waals surface area contributed by atoms with Crippen molar-refractivity contribution in [1.82, 2.24) is 5.32 Å². The van der Waals surface area contributed by atoms with Crippen LogP contribution in [0.25, 0.3) is 0 Å². The van der Waals surface area contributed by atoms with Crippen molar-refractivity contribution < 1.29 is 33.6 Å². The average molecular weight is 484 g/mol. The highest BCUT2D eigenvalue weighted by molar-refractivity contribution is 6.35. The molecule has 0 spiro atoms. The van der Waals surface area contributed by atoms with E-state index in [1.54, 1.807) is 42.5 Å². The molecule has 0 radical (unpaired) electrons. The van der Waals surface area contributed by atoms with Crippen molar-refractivity contribution in [2.45, 2.75) is 31.3 Å². The molecule has 1 saturated heterocycles. The molecule has 3 atom stereocenters. The van der Waals surface area contributed by atoms with Gasteiger partial charge in [0.05, 0.1) is 6.61 Å². The number of halogens is 2. The standard InChI is InChI=1S/C22H23Cl2NO7/c1-29-11-19-20(32-12-31-19)21(26)25-18(22(27)28)9-13-5-7-14(8-6-13)30-10-15-16(23)3-2-4-17(15)24/h2-8,18-20H,9-12H2,1H3,(H,25,26)(H,27,28)/t18?,19-,20+/m0/s1. The van der Waals surface area contributed by atoms with Crippen LogP contribution in [0.3, 0.4) is 0 Å². The van der Waals surface area contributed by atoms with Crippen molar-refractivity contribution in [3.05, 3.63) is 63.6 Å². The lowest BCUT2D eigenvalue weighted by molar-refractivity contribution is -0.143. The van der Waals surface area contributed by atoms with Crippen LogP contribution < -0.4 is 10.1 Å². The Kier molecular flexibility index (Phi) is 8.72.